The predicted octanol–water partition coefficient (Wildman–Crippen LogP) is 11.9. The Labute approximate surface area is 249 Å². The van der Waals surface area contributed by atoms with Gasteiger partial charge < -0.3 is 0 Å². The maximum absolute atomic E-state index is 4.35. The molecule has 0 amide bonds. The molecule has 0 atom stereocenters. The molecule has 0 spiro atoms. The van der Waals surface area contributed by atoms with Gasteiger partial charge in [-0.25, -0.2) is 0 Å². The molecule has 0 radical (unpaired) electrons. The summed E-state index contributed by atoms with van der Waals surface area (Å²) in [6, 6.07) is 31.7. The number of rotatable bonds is 0. The molecule has 0 saturated heterocycles. The summed E-state index contributed by atoms with van der Waals surface area (Å²) >= 11 is 0. The van der Waals surface area contributed by atoms with E-state index < -0.39 is 0 Å². The zero-order valence-electron chi connectivity index (χ0n) is 27.2. The van der Waals surface area contributed by atoms with Crippen molar-refractivity contribution in [3.8, 4) is 0 Å². The van der Waals surface area contributed by atoms with Crippen LogP contribution in [0.1, 0.15) is 69.4 Å². The lowest BCUT2D eigenvalue weighted by atomic mass is 10.0. The maximum Gasteiger partial charge on any atom is 0.0964 e. The Morgan fingerprint density at radius 3 is 1.24 bits per heavy atom. The van der Waals surface area contributed by atoms with Crippen molar-refractivity contribution in [1.82, 2.24) is 9.97 Å². The van der Waals surface area contributed by atoms with E-state index in [0.717, 1.165) is 21.8 Å². The predicted molar refractivity (Wildman–Crippen MR) is 185 cm³/mol. The number of hydrogen-bond acceptors (Lipinski definition) is 2. The highest BCUT2D eigenvalue weighted by Crippen LogP contribution is 2.21. The lowest BCUT2D eigenvalue weighted by Crippen LogP contribution is -1.83. The minimum atomic E-state index is 0.977. The fourth-order valence-electron chi connectivity index (χ4n) is 4.57. The van der Waals surface area contributed by atoms with Crippen LogP contribution in [0, 0.1) is 34.6 Å². The average Bonchev–Trinajstić information content (AvgIpc) is 3.00. The van der Waals surface area contributed by atoms with Crippen LogP contribution in [-0.2, 0) is 0 Å². The molecular weight excluding hydrogens is 496 g/mol. The normalized spacial score (nSPS) is 9.34. The largest absolute Gasteiger partial charge is 0.254 e. The fraction of sp³-hybridized carbons (Fsp3) is 0.282. The second kappa shape index (κ2) is 19.1. The molecule has 41 heavy (non-hydrogen) atoms. The second-order valence-corrected chi connectivity index (χ2v) is 9.18. The quantitative estimate of drug-likeness (QED) is 0.177. The second-order valence-electron chi connectivity index (χ2n) is 9.18. The molecule has 0 saturated carbocycles. The number of aryl methyl sites for hydroxylation is 5. The molecule has 0 bridgehead atoms. The van der Waals surface area contributed by atoms with Crippen molar-refractivity contribution in [3.63, 3.8) is 0 Å². The minimum absolute atomic E-state index is 0.977. The zero-order chi connectivity index (χ0) is 30.8. The van der Waals surface area contributed by atoms with Crippen molar-refractivity contribution >= 4 is 32.6 Å². The van der Waals surface area contributed by atoms with Gasteiger partial charge >= 0.3 is 0 Å². The van der Waals surface area contributed by atoms with Crippen molar-refractivity contribution in [3.05, 3.63) is 131 Å². The number of pyridine rings is 2. The smallest absolute Gasteiger partial charge is 0.0964 e. The topological polar surface area (TPSA) is 25.8 Å². The van der Waals surface area contributed by atoms with Crippen LogP contribution in [0.5, 0.6) is 0 Å². The van der Waals surface area contributed by atoms with Gasteiger partial charge in [0.25, 0.3) is 0 Å². The molecule has 0 aliphatic heterocycles. The van der Waals surface area contributed by atoms with Crippen LogP contribution in [0.4, 0.5) is 0 Å². The Hall–Kier alpha value is -4.04. The molecule has 2 heteroatoms. The highest BCUT2D eigenvalue weighted by Gasteiger charge is 2.00. The molecule has 0 fully saturated rings. The first kappa shape index (κ1) is 35.0. The lowest BCUT2D eigenvalue weighted by molar-refractivity contribution is 1.32. The van der Waals surface area contributed by atoms with Crippen LogP contribution in [0.15, 0.2) is 103 Å². The van der Waals surface area contributed by atoms with Gasteiger partial charge in [0.15, 0.2) is 0 Å². The van der Waals surface area contributed by atoms with Gasteiger partial charge in [-0.15, -0.1) is 0 Å². The first-order chi connectivity index (χ1) is 19.9. The molecule has 2 aromatic heterocycles. The summed E-state index contributed by atoms with van der Waals surface area (Å²) in [6.45, 7) is 22.7. The summed E-state index contributed by atoms with van der Waals surface area (Å²) in [6.07, 6.45) is 3.60. The van der Waals surface area contributed by atoms with Crippen LogP contribution >= 0.6 is 0 Å². The van der Waals surface area contributed by atoms with E-state index in [1.807, 2.05) is 53.7 Å². The van der Waals surface area contributed by atoms with Gasteiger partial charge in [-0.05, 0) is 63.1 Å². The molecule has 2 nitrogen and oxygen atoms in total. The first-order valence-electron chi connectivity index (χ1n) is 15.0. The number of hydrogen-bond donors (Lipinski definition) is 0. The summed E-state index contributed by atoms with van der Waals surface area (Å²) < 4.78 is 0. The summed E-state index contributed by atoms with van der Waals surface area (Å²) in [5.41, 5.74) is 8.72. The van der Waals surface area contributed by atoms with E-state index in [-0.39, 0.29) is 0 Å². The third kappa shape index (κ3) is 10.8. The van der Waals surface area contributed by atoms with Crippen molar-refractivity contribution in [2.24, 2.45) is 0 Å². The highest BCUT2D eigenvalue weighted by molar-refractivity contribution is 6.02. The molecule has 6 rings (SSSR count). The van der Waals surface area contributed by atoms with Gasteiger partial charge in [-0.1, -0.05) is 143 Å². The number of benzene rings is 4. The Kier molecular flexibility index (Phi) is 16.3. The van der Waals surface area contributed by atoms with Crippen molar-refractivity contribution in [2.75, 3.05) is 0 Å². The Balaban J connectivity index is 0.000000287. The van der Waals surface area contributed by atoms with Gasteiger partial charge in [0.1, 0.15) is 0 Å². The monoisotopic (exact) mass is 546 g/mol. The number of nitrogens with zero attached hydrogens (tertiary/aromatic N) is 2. The van der Waals surface area contributed by atoms with Gasteiger partial charge in [0.05, 0.1) is 11.0 Å². The van der Waals surface area contributed by atoms with E-state index in [1.54, 1.807) is 12.4 Å². The van der Waals surface area contributed by atoms with E-state index in [4.69, 9.17) is 0 Å². The van der Waals surface area contributed by atoms with Gasteiger partial charge in [-0.2, -0.15) is 0 Å². The Morgan fingerprint density at radius 1 is 0.390 bits per heavy atom. The number of fused-ring (bicyclic) bond motifs is 4. The molecule has 0 N–H and O–H groups in total. The van der Waals surface area contributed by atoms with Gasteiger partial charge in [0.2, 0.25) is 0 Å². The molecule has 216 valence electrons. The Bertz CT molecular complexity index is 1490. The van der Waals surface area contributed by atoms with Crippen LogP contribution in [-0.4, -0.2) is 9.97 Å². The van der Waals surface area contributed by atoms with Crippen LogP contribution in [0.25, 0.3) is 32.6 Å². The van der Waals surface area contributed by atoms with E-state index >= 15 is 0 Å². The van der Waals surface area contributed by atoms with Gasteiger partial charge in [-0.3, -0.25) is 9.97 Å². The lowest BCUT2D eigenvalue weighted by Gasteiger charge is -2.02. The molecule has 2 heterocycles. The minimum Gasteiger partial charge on any atom is -0.254 e. The van der Waals surface area contributed by atoms with Crippen LogP contribution in [0.2, 0.25) is 0 Å². The van der Waals surface area contributed by atoms with E-state index in [2.05, 4.69) is 123 Å². The first-order valence-corrected chi connectivity index (χ1v) is 15.0. The summed E-state index contributed by atoms with van der Waals surface area (Å²) in [5.74, 6) is 0. The average molecular weight is 547 g/mol. The SMILES string of the molecule is CC.CC.CC.Cc1cc(C)c2ccccc2c1.Cc1cc(C)cc(C)c1.c1cnc2c(c1)ccc1cccnc12. The summed E-state index contributed by atoms with van der Waals surface area (Å²) in [7, 11) is 0. The van der Waals surface area contributed by atoms with Crippen molar-refractivity contribution < 1.29 is 0 Å². The highest BCUT2D eigenvalue weighted by atomic mass is 14.7. The van der Waals surface area contributed by atoms with Crippen molar-refractivity contribution in [1.29, 1.82) is 0 Å². The van der Waals surface area contributed by atoms with E-state index in [0.29, 0.717) is 0 Å². The van der Waals surface area contributed by atoms with E-state index in [9.17, 15) is 0 Å². The number of aromatic nitrogens is 2. The maximum atomic E-state index is 4.35. The fourth-order valence-corrected chi connectivity index (χ4v) is 4.57. The Morgan fingerprint density at radius 2 is 0.780 bits per heavy atom. The van der Waals surface area contributed by atoms with Gasteiger partial charge in [0, 0.05) is 23.2 Å². The molecular formula is C39H50N2. The molecule has 0 unspecified atom stereocenters. The summed E-state index contributed by atoms with van der Waals surface area (Å²) in [5, 5.41) is 4.98. The molecule has 6 aromatic rings. The molecule has 0 aliphatic rings. The summed E-state index contributed by atoms with van der Waals surface area (Å²) in [4.78, 5) is 8.69. The van der Waals surface area contributed by atoms with Crippen LogP contribution < -0.4 is 0 Å². The molecule has 0 aliphatic carbocycles. The van der Waals surface area contributed by atoms with Crippen LogP contribution in [0.3, 0.4) is 0 Å². The van der Waals surface area contributed by atoms with E-state index in [1.165, 1.54) is 38.6 Å². The third-order valence-electron chi connectivity index (χ3n) is 5.92. The zero-order valence-corrected chi connectivity index (χ0v) is 27.2. The standard InChI is InChI=1S/C12H8N2.C12H12.C9H12.3C2H6/c1-3-9-5-6-10-4-2-8-14-12(10)11(9)13-7-1;1-9-7-10(2)12-6-4-3-5-11(12)8-9;1-7-4-8(2)6-9(3)5-7;3*1-2/h1-8H;3-8H,1-2H3;4-6H,1-3H3;3*1-2H3. The third-order valence-corrected chi connectivity index (χ3v) is 5.92. The molecule has 4 aromatic carbocycles. The van der Waals surface area contributed by atoms with Crippen molar-refractivity contribution in [2.45, 2.75) is 76.2 Å².